The van der Waals surface area contributed by atoms with Gasteiger partial charge in [-0.05, 0) is 63.7 Å². The molecule has 0 radical (unpaired) electrons. The first kappa shape index (κ1) is 28.9. The van der Waals surface area contributed by atoms with E-state index in [1.54, 1.807) is 0 Å². The van der Waals surface area contributed by atoms with Gasteiger partial charge >= 0.3 is 0 Å². The van der Waals surface area contributed by atoms with E-state index in [1.807, 2.05) is 91.1 Å². The first-order chi connectivity index (χ1) is 25.2. The van der Waals surface area contributed by atoms with Crippen molar-refractivity contribution in [1.29, 1.82) is 0 Å². The molecule has 0 saturated heterocycles. The molecule has 0 aliphatic rings. The number of hydrogen-bond acceptors (Lipinski definition) is 6. The molecular formula is C45H27N5O. The maximum absolute atomic E-state index is 6.07. The maximum Gasteiger partial charge on any atom is 0.227 e. The van der Waals surface area contributed by atoms with Gasteiger partial charge in [-0.25, -0.2) is 19.9 Å². The third kappa shape index (κ3) is 5.09. The Bertz CT molecular complexity index is 2860. The van der Waals surface area contributed by atoms with Crippen LogP contribution in [0.4, 0.5) is 0 Å². The summed E-state index contributed by atoms with van der Waals surface area (Å²) in [6, 6.07) is 53.6. The zero-order valence-corrected chi connectivity index (χ0v) is 27.2. The molecule has 51 heavy (non-hydrogen) atoms. The van der Waals surface area contributed by atoms with Crippen LogP contribution < -0.4 is 0 Å². The Kier molecular flexibility index (Phi) is 6.70. The van der Waals surface area contributed by atoms with Crippen LogP contribution in [-0.4, -0.2) is 24.9 Å². The molecule has 0 atom stereocenters. The molecule has 0 aliphatic carbocycles. The fourth-order valence-corrected chi connectivity index (χ4v) is 6.87. The van der Waals surface area contributed by atoms with Gasteiger partial charge in [0.2, 0.25) is 5.71 Å². The van der Waals surface area contributed by atoms with Gasteiger partial charge in [-0.1, -0.05) is 121 Å². The molecule has 6 heteroatoms. The first-order valence-electron chi connectivity index (χ1n) is 16.8. The molecule has 0 saturated carbocycles. The van der Waals surface area contributed by atoms with Crippen LogP contribution in [0.2, 0.25) is 0 Å². The van der Waals surface area contributed by atoms with Crippen LogP contribution in [-0.2, 0) is 0 Å². The van der Waals surface area contributed by atoms with Gasteiger partial charge in [0.25, 0.3) is 0 Å². The Labute approximate surface area is 292 Å². The average molecular weight is 654 g/mol. The van der Waals surface area contributed by atoms with Crippen molar-refractivity contribution in [3.05, 3.63) is 164 Å². The Morgan fingerprint density at radius 2 is 1.00 bits per heavy atom. The van der Waals surface area contributed by atoms with E-state index in [2.05, 4.69) is 72.8 Å². The fraction of sp³-hybridized carbons (Fsp3) is 0. The van der Waals surface area contributed by atoms with Gasteiger partial charge < -0.3 is 4.42 Å². The van der Waals surface area contributed by atoms with Gasteiger partial charge in [0.05, 0.1) is 11.4 Å². The van der Waals surface area contributed by atoms with E-state index in [0.29, 0.717) is 23.2 Å². The molecule has 0 fully saturated rings. The lowest BCUT2D eigenvalue weighted by Gasteiger charge is -2.13. The largest absolute Gasteiger partial charge is 0.438 e. The summed E-state index contributed by atoms with van der Waals surface area (Å²) in [4.78, 5) is 24.6. The summed E-state index contributed by atoms with van der Waals surface area (Å²) >= 11 is 0. The van der Waals surface area contributed by atoms with Crippen molar-refractivity contribution in [3.8, 4) is 56.7 Å². The normalized spacial score (nSPS) is 11.5. The fourth-order valence-electron chi connectivity index (χ4n) is 6.87. The molecule has 10 aromatic rings. The quantitative estimate of drug-likeness (QED) is 0.184. The number of nitrogens with zero attached hydrogens (tertiary/aromatic N) is 5. The average Bonchev–Trinajstić information content (AvgIpc) is 3.58. The van der Waals surface area contributed by atoms with Crippen molar-refractivity contribution in [2.75, 3.05) is 0 Å². The molecule has 10 rings (SSSR count). The number of hydrogen-bond donors (Lipinski definition) is 0. The van der Waals surface area contributed by atoms with Crippen molar-refractivity contribution >= 4 is 43.6 Å². The molecule has 4 aromatic heterocycles. The van der Waals surface area contributed by atoms with Gasteiger partial charge in [0.1, 0.15) is 5.58 Å². The minimum absolute atomic E-state index is 0.612. The third-order valence-corrected chi connectivity index (χ3v) is 9.40. The predicted molar refractivity (Wildman–Crippen MR) is 205 cm³/mol. The highest BCUT2D eigenvalue weighted by molar-refractivity contribution is 6.06. The summed E-state index contributed by atoms with van der Waals surface area (Å²) in [5, 5.41) is 6.37. The number of fused-ring (bicyclic) bond motifs is 5. The van der Waals surface area contributed by atoms with Crippen molar-refractivity contribution in [3.63, 3.8) is 0 Å². The molecule has 0 aliphatic heterocycles. The Morgan fingerprint density at radius 3 is 1.75 bits per heavy atom. The topological polar surface area (TPSA) is 77.6 Å². The number of pyridine rings is 2. The summed E-state index contributed by atoms with van der Waals surface area (Å²) in [6.07, 6.45) is 1.91. The lowest BCUT2D eigenvalue weighted by molar-refractivity contribution is 0.654. The number of para-hydroxylation sites is 1. The summed E-state index contributed by atoms with van der Waals surface area (Å²) in [6.45, 7) is 0. The molecular weight excluding hydrogens is 627 g/mol. The van der Waals surface area contributed by atoms with E-state index in [-0.39, 0.29) is 0 Å². The maximum atomic E-state index is 6.07. The van der Waals surface area contributed by atoms with Gasteiger partial charge in [-0.15, -0.1) is 0 Å². The molecule has 6 aromatic carbocycles. The SMILES string of the molecule is c1ccc(-c2nc(-c3ccccc3)nc(-c3ccc(-c4ccc5cnc(-c6ccc7c(n6)oc6ccccc67)cc5c4)c4ccccc34)n2)cc1. The van der Waals surface area contributed by atoms with Crippen molar-refractivity contribution in [1.82, 2.24) is 24.9 Å². The van der Waals surface area contributed by atoms with Crippen LogP contribution in [0.5, 0.6) is 0 Å². The highest BCUT2D eigenvalue weighted by Gasteiger charge is 2.17. The molecule has 0 unspecified atom stereocenters. The molecule has 4 heterocycles. The van der Waals surface area contributed by atoms with Crippen LogP contribution in [0, 0.1) is 0 Å². The highest BCUT2D eigenvalue weighted by Crippen LogP contribution is 2.37. The number of rotatable bonds is 5. The Morgan fingerprint density at radius 1 is 0.373 bits per heavy atom. The molecule has 0 N–H and O–H groups in total. The minimum atomic E-state index is 0.612. The molecule has 0 spiro atoms. The second kappa shape index (κ2) is 11.8. The minimum Gasteiger partial charge on any atom is -0.438 e. The second-order valence-corrected chi connectivity index (χ2v) is 12.5. The van der Waals surface area contributed by atoms with Gasteiger partial charge in [-0.3, -0.25) is 4.98 Å². The smallest absolute Gasteiger partial charge is 0.227 e. The van der Waals surface area contributed by atoms with Crippen LogP contribution in [0.15, 0.2) is 168 Å². The zero-order chi connectivity index (χ0) is 33.7. The zero-order valence-electron chi connectivity index (χ0n) is 27.2. The Balaban J connectivity index is 1.08. The van der Waals surface area contributed by atoms with E-state index in [0.717, 1.165) is 77.1 Å². The predicted octanol–water partition coefficient (Wildman–Crippen LogP) is 11.2. The van der Waals surface area contributed by atoms with Gasteiger partial charge in [0, 0.05) is 39.0 Å². The molecule has 0 amide bonds. The van der Waals surface area contributed by atoms with E-state index in [9.17, 15) is 0 Å². The van der Waals surface area contributed by atoms with Crippen molar-refractivity contribution in [2.24, 2.45) is 0 Å². The number of aromatic nitrogens is 5. The number of benzene rings is 6. The van der Waals surface area contributed by atoms with Gasteiger partial charge in [0.15, 0.2) is 17.5 Å². The summed E-state index contributed by atoms with van der Waals surface area (Å²) in [5.74, 6) is 1.91. The highest BCUT2D eigenvalue weighted by atomic mass is 16.3. The monoisotopic (exact) mass is 653 g/mol. The lowest BCUT2D eigenvalue weighted by Crippen LogP contribution is -2.00. The summed E-state index contributed by atoms with van der Waals surface area (Å²) in [7, 11) is 0. The molecule has 0 bridgehead atoms. The van der Waals surface area contributed by atoms with E-state index < -0.39 is 0 Å². The molecule has 6 nitrogen and oxygen atoms in total. The van der Waals surface area contributed by atoms with E-state index >= 15 is 0 Å². The van der Waals surface area contributed by atoms with Gasteiger partial charge in [-0.2, -0.15) is 0 Å². The van der Waals surface area contributed by atoms with Crippen LogP contribution in [0.1, 0.15) is 0 Å². The van der Waals surface area contributed by atoms with E-state index in [4.69, 9.17) is 29.3 Å². The standard InChI is InChI=1S/C45H27N5O/c1-3-11-28(12-4-1)42-48-43(29-13-5-2-6-14-29)50-44(49-42)37-22-21-33(34-15-7-8-16-35(34)37)30-19-20-31-27-46-40(26-32(31)25-30)39-24-23-38-36-17-9-10-18-41(36)51-45(38)47-39/h1-27H. The summed E-state index contributed by atoms with van der Waals surface area (Å²) in [5.41, 5.74) is 8.06. The lowest BCUT2D eigenvalue weighted by atomic mass is 9.93. The molecule has 238 valence electrons. The second-order valence-electron chi connectivity index (χ2n) is 12.5. The van der Waals surface area contributed by atoms with Crippen LogP contribution in [0.3, 0.4) is 0 Å². The summed E-state index contributed by atoms with van der Waals surface area (Å²) < 4.78 is 6.07. The van der Waals surface area contributed by atoms with Crippen molar-refractivity contribution < 1.29 is 4.42 Å². The van der Waals surface area contributed by atoms with Crippen LogP contribution in [0.25, 0.3) is 100 Å². The van der Waals surface area contributed by atoms with Crippen molar-refractivity contribution in [2.45, 2.75) is 0 Å². The first-order valence-corrected chi connectivity index (χ1v) is 16.8. The van der Waals surface area contributed by atoms with Crippen LogP contribution >= 0.6 is 0 Å². The third-order valence-electron chi connectivity index (χ3n) is 9.40. The Hall–Kier alpha value is -7.05. The van der Waals surface area contributed by atoms with E-state index in [1.165, 1.54) is 0 Å². The number of furan rings is 1.